The summed E-state index contributed by atoms with van der Waals surface area (Å²) in [6.45, 7) is 8.66. The SMILES string of the molecule is CCN(Cc1ccc(C(=O)NCC2(O)CCc3ccccc32)cc1)C(C)C. The Labute approximate surface area is 162 Å². The quantitative estimate of drug-likeness (QED) is 0.789. The highest BCUT2D eigenvalue weighted by molar-refractivity contribution is 5.94. The summed E-state index contributed by atoms with van der Waals surface area (Å²) in [5.41, 5.74) is 2.97. The van der Waals surface area contributed by atoms with Crippen molar-refractivity contribution in [2.75, 3.05) is 13.1 Å². The lowest BCUT2D eigenvalue weighted by atomic mass is 9.96. The van der Waals surface area contributed by atoms with E-state index in [-0.39, 0.29) is 12.5 Å². The van der Waals surface area contributed by atoms with Crippen molar-refractivity contribution in [2.24, 2.45) is 0 Å². The van der Waals surface area contributed by atoms with Crippen LogP contribution in [0.25, 0.3) is 0 Å². The molecule has 2 aromatic rings. The molecule has 144 valence electrons. The summed E-state index contributed by atoms with van der Waals surface area (Å²) < 4.78 is 0. The molecule has 0 radical (unpaired) electrons. The minimum Gasteiger partial charge on any atom is -0.383 e. The number of nitrogens with zero attached hydrogens (tertiary/aromatic N) is 1. The second-order valence-corrected chi connectivity index (χ2v) is 7.73. The number of aliphatic hydroxyl groups is 1. The molecular formula is C23H30N2O2. The molecule has 0 heterocycles. The standard InChI is InChI=1S/C23H30N2O2/c1-4-25(17(2)3)15-18-9-11-20(12-10-18)22(26)24-16-23(27)14-13-19-7-5-6-8-21(19)23/h5-12,17,27H,4,13-16H2,1-3H3,(H,24,26). The van der Waals surface area contributed by atoms with Crippen molar-refractivity contribution >= 4 is 5.91 Å². The molecule has 0 saturated carbocycles. The maximum absolute atomic E-state index is 12.5. The van der Waals surface area contributed by atoms with Crippen LogP contribution in [0.15, 0.2) is 48.5 Å². The van der Waals surface area contributed by atoms with E-state index < -0.39 is 5.60 Å². The normalized spacial score (nSPS) is 18.7. The molecule has 0 fully saturated rings. The predicted octanol–water partition coefficient (Wildman–Crippen LogP) is 3.48. The topological polar surface area (TPSA) is 52.6 Å². The summed E-state index contributed by atoms with van der Waals surface area (Å²) in [6, 6.07) is 16.2. The zero-order valence-electron chi connectivity index (χ0n) is 16.5. The highest BCUT2D eigenvalue weighted by Crippen LogP contribution is 2.36. The number of rotatable bonds is 7. The Bertz CT molecular complexity index is 785. The number of aryl methyl sites for hydroxylation is 1. The summed E-state index contributed by atoms with van der Waals surface area (Å²) in [7, 11) is 0. The summed E-state index contributed by atoms with van der Waals surface area (Å²) in [4.78, 5) is 14.9. The maximum Gasteiger partial charge on any atom is 0.251 e. The number of nitrogens with one attached hydrogen (secondary N) is 1. The molecule has 0 aliphatic heterocycles. The third-order valence-electron chi connectivity index (χ3n) is 5.61. The highest BCUT2D eigenvalue weighted by Gasteiger charge is 2.36. The number of amides is 1. The van der Waals surface area contributed by atoms with E-state index in [0.29, 0.717) is 18.0 Å². The Morgan fingerprint density at radius 2 is 1.89 bits per heavy atom. The van der Waals surface area contributed by atoms with Crippen LogP contribution < -0.4 is 5.32 Å². The van der Waals surface area contributed by atoms with Crippen molar-refractivity contribution in [1.29, 1.82) is 0 Å². The number of carbonyl (C=O) groups excluding carboxylic acids is 1. The van der Waals surface area contributed by atoms with E-state index in [1.807, 2.05) is 48.5 Å². The largest absolute Gasteiger partial charge is 0.383 e. The predicted molar refractivity (Wildman–Crippen MR) is 109 cm³/mol. The van der Waals surface area contributed by atoms with Crippen molar-refractivity contribution in [3.8, 4) is 0 Å². The van der Waals surface area contributed by atoms with E-state index >= 15 is 0 Å². The molecule has 1 unspecified atom stereocenters. The van der Waals surface area contributed by atoms with Crippen LogP contribution in [0.3, 0.4) is 0 Å². The summed E-state index contributed by atoms with van der Waals surface area (Å²) in [5, 5.41) is 13.9. The zero-order chi connectivity index (χ0) is 19.4. The van der Waals surface area contributed by atoms with Gasteiger partial charge in [0, 0.05) is 18.2 Å². The molecule has 0 aromatic heterocycles. The first kappa shape index (κ1) is 19.6. The fourth-order valence-electron chi connectivity index (χ4n) is 3.84. The Hall–Kier alpha value is -2.17. The second kappa shape index (κ2) is 8.24. The van der Waals surface area contributed by atoms with Gasteiger partial charge in [-0.1, -0.05) is 43.3 Å². The van der Waals surface area contributed by atoms with E-state index in [9.17, 15) is 9.90 Å². The van der Waals surface area contributed by atoms with E-state index in [4.69, 9.17) is 0 Å². The molecule has 1 aliphatic carbocycles. The van der Waals surface area contributed by atoms with Gasteiger partial charge in [0.2, 0.25) is 0 Å². The molecule has 1 amide bonds. The third-order valence-corrected chi connectivity index (χ3v) is 5.61. The number of hydrogen-bond acceptors (Lipinski definition) is 3. The molecule has 1 atom stereocenters. The molecule has 3 rings (SSSR count). The van der Waals surface area contributed by atoms with Gasteiger partial charge in [-0.15, -0.1) is 0 Å². The van der Waals surface area contributed by atoms with Crippen molar-refractivity contribution < 1.29 is 9.90 Å². The van der Waals surface area contributed by atoms with Crippen LogP contribution in [0.5, 0.6) is 0 Å². The van der Waals surface area contributed by atoms with Gasteiger partial charge in [0.25, 0.3) is 5.91 Å². The number of fused-ring (bicyclic) bond motifs is 1. The van der Waals surface area contributed by atoms with Crippen LogP contribution in [-0.4, -0.2) is 35.0 Å². The van der Waals surface area contributed by atoms with Crippen molar-refractivity contribution in [2.45, 2.75) is 51.8 Å². The van der Waals surface area contributed by atoms with Gasteiger partial charge in [-0.3, -0.25) is 9.69 Å². The van der Waals surface area contributed by atoms with Gasteiger partial charge in [0.1, 0.15) is 5.60 Å². The van der Waals surface area contributed by atoms with E-state index in [0.717, 1.165) is 25.1 Å². The van der Waals surface area contributed by atoms with Gasteiger partial charge in [0.05, 0.1) is 6.54 Å². The van der Waals surface area contributed by atoms with Crippen molar-refractivity contribution in [1.82, 2.24) is 10.2 Å². The molecule has 0 saturated heterocycles. The first-order chi connectivity index (χ1) is 12.9. The lowest BCUT2D eigenvalue weighted by Gasteiger charge is -2.25. The first-order valence-electron chi connectivity index (χ1n) is 9.85. The fourth-order valence-corrected chi connectivity index (χ4v) is 3.84. The third kappa shape index (κ3) is 4.40. The molecule has 0 spiro atoms. The second-order valence-electron chi connectivity index (χ2n) is 7.73. The minimum atomic E-state index is -0.967. The van der Waals surface area contributed by atoms with Gasteiger partial charge in [0.15, 0.2) is 0 Å². The number of benzene rings is 2. The summed E-state index contributed by atoms with van der Waals surface area (Å²) >= 11 is 0. The van der Waals surface area contributed by atoms with E-state index in [1.54, 1.807) is 0 Å². The Balaban J connectivity index is 1.60. The zero-order valence-corrected chi connectivity index (χ0v) is 16.5. The first-order valence-corrected chi connectivity index (χ1v) is 9.85. The van der Waals surface area contributed by atoms with Gasteiger partial charge >= 0.3 is 0 Å². The molecule has 2 aromatic carbocycles. The van der Waals surface area contributed by atoms with E-state index in [2.05, 4.69) is 31.0 Å². The van der Waals surface area contributed by atoms with Crippen LogP contribution in [0.2, 0.25) is 0 Å². The van der Waals surface area contributed by atoms with Crippen LogP contribution in [-0.2, 0) is 18.6 Å². The van der Waals surface area contributed by atoms with Crippen LogP contribution >= 0.6 is 0 Å². The van der Waals surface area contributed by atoms with Gasteiger partial charge in [-0.2, -0.15) is 0 Å². The maximum atomic E-state index is 12.5. The highest BCUT2D eigenvalue weighted by atomic mass is 16.3. The lowest BCUT2D eigenvalue weighted by molar-refractivity contribution is 0.0369. The van der Waals surface area contributed by atoms with Gasteiger partial charge in [-0.05, 0) is 62.1 Å². The lowest BCUT2D eigenvalue weighted by Crippen LogP contribution is -2.39. The Morgan fingerprint density at radius 1 is 1.19 bits per heavy atom. The molecule has 4 heteroatoms. The monoisotopic (exact) mass is 366 g/mol. The van der Waals surface area contributed by atoms with Gasteiger partial charge < -0.3 is 10.4 Å². The van der Waals surface area contributed by atoms with Crippen molar-refractivity contribution in [3.63, 3.8) is 0 Å². The summed E-state index contributed by atoms with van der Waals surface area (Å²) in [5.74, 6) is -0.143. The molecule has 0 bridgehead atoms. The average Bonchev–Trinajstić information content (AvgIpc) is 3.02. The molecule has 1 aliphatic rings. The Kier molecular flexibility index (Phi) is 5.98. The summed E-state index contributed by atoms with van der Waals surface area (Å²) in [6.07, 6.45) is 1.49. The minimum absolute atomic E-state index is 0.143. The number of carbonyl (C=O) groups is 1. The molecule has 2 N–H and O–H groups in total. The Morgan fingerprint density at radius 3 is 2.56 bits per heavy atom. The molecule has 27 heavy (non-hydrogen) atoms. The average molecular weight is 367 g/mol. The number of hydrogen-bond donors (Lipinski definition) is 2. The van der Waals surface area contributed by atoms with Gasteiger partial charge in [-0.25, -0.2) is 0 Å². The fraction of sp³-hybridized carbons (Fsp3) is 0.435. The van der Waals surface area contributed by atoms with Crippen molar-refractivity contribution in [3.05, 3.63) is 70.8 Å². The van der Waals surface area contributed by atoms with E-state index in [1.165, 1.54) is 11.1 Å². The van der Waals surface area contributed by atoms with Crippen LogP contribution in [0, 0.1) is 0 Å². The van der Waals surface area contributed by atoms with Crippen LogP contribution in [0.4, 0.5) is 0 Å². The molecular weight excluding hydrogens is 336 g/mol. The molecule has 4 nitrogen and oxygen atoms in total. The van der Waals surface area contributed by atoms with Crippen LogP contribution in [0.1, 0.15) is 54.2 Å². The smallest absolute Gasteiger partial charge is 0.251 e.